The number of ether oxygens (including phenoxy) is 2. The van der Waals surface area contributed by atoms with Crippen molar-refractivity contribution in [2.24, 2.45) is 28.6 Å². The van der Waals surface area contributed by atoms with Crippen LogP contribution < -0.4 is 15.5 Å². The molecule has 2 saturated carbocycles. The lowest BCUT2D eigenvalue weighted by Gasteiger charge is -2.57. The van der Waals surface area contributed by atoms with Crippen LogP contribution in [0.1, 0.15) is 114 Å². The minimum Gasteiger partial charge on any atom is -0.461 e. The Morgan fingerprint density at radius 1 is 0.920 bits per heavy atom. The van der Waals surface area contributed by atoms with E-state index in [0.717, 1.165) is 48.8 Å². The van der Waals surface area contributed by atoms with E-state index >= 15 is 0 Å². The molecular formula is C56H65Cl2F3NO11PS. The van der Waals surface area contributed by atoms with Gasteiger partial charge in [-0.1, -0.05) is 79.5 Å². The minimum absolute atomic E-state index is 0.0427. The van der Waals surface area contributed by atoms with Crippen LogP contribution in [0.2, 0.25) is 5.02 Å². The van der Waals surface area contributed by atoms with Crippen LogP contribution in [0.3, 0.4) is 0 Å². The third-order valence-corrected chi connectivity index (χ3v) is 18.3. The van der Waals surface area contributed by atoms with Crippen LogP contribution in [0, 0.1) is 35.5 Å². The van der Waals surface area contributed by atoms with Gasteiger partial charge in [-0.05, 0) is 149 Å². The van der Waals surface area contributed by atoms with Gasteiger partial charge in [0.25, 0.3) is 0 Å². The first-order valence-corrected chi connectivity index (χ1v) is 28.4. The molecule has 0 radical (unpaired) electrons. The lowest BCUT2D eigenvalue weighted by atomic mass is 9.48. The van der Waals surface area contributed by atoms with Crippen LogP contribution in [0.4, 0.5) is 13.2 Å². The number of aryl methyl sites for hydroxylation is 1. The van der Waals surface area contributed by atoms with Gasteiger partial charge in [0.05, 0.1) is 24.3 Å². The molecule has 75 heavy (non-hydrogen) atoms. The monoisotopic (exact) mass is 1120 g/mol. The largest absolute Gasteiger partial charge is 0.461 e. The highest BCUT2D eigenvalue weighted by Gasteiger charge is 2.67. The summed E-state index contributed by atoms with van der Waals surface area (Å²) < 4.78 is 70.8. The lowest BCUT2D eigenvalue weighted by Crippen LogP contribution is -2.58. The second-order valence-corrected chi connectivity index (χ2v) is 23.6. The molecule has 4 aliphatic carbocycles. The number of fused-ring (bicyclic) bond motifs is 6. The second kappa shape index (κ2) is 24.8. The van der Waals surface area contributed by atoms with E-state index < -0.39 is 35.7 Å². The van der Waals surface area contributed by atoms with Gasteiger partial charge in [0, 0.05) is 59.6 Å². The third-order valence-electron chi connectivity index (χ3n) is 15.1. The van der Waals surface area contributed by atoms with Gasteiger partial charge in [-0.3, -0.25) is 23.4 Å². The Labute approximate surface area is 451 Å². The molecular weight excluding hydrogens is 1050 g/mol. The van der Waals surface area contributed by atoms with E-state index in [1.54, 1.807) is 68.5 Å². The number of alkyl halides is 3. The quantitative estimate of drug-likeness (QED) is 0.0520. The van der Waals surface area contributed by atoms with Crippen LogP contribution in [-0.2, 0) is 57.3 Å². The molecule has 4 aliphatic rings. The van der Waals surface area contributed by atoms with Crippen molar-refractivity contribution in [3.63, 3.8) is 0 Å². The van der Waals surface area contributed by atoms with Crippen molar-refractivity contribution < 1.29 is 59.8 Å². The van der Waals surface area contributed by atoms with Gasteiger partial charge in [-0.25, -0.2) is 9.59 Å². The number of carbonyl (C=O) groups excluding carboxylic acids is 4. The van der Waals surface area contributed by atoms with Crippen LogP contribution in [-0.4, -0.2) is 61.5 Å². The Kier molecular flexibility index (Phi) is 19.7. The molecule has 0 aliphatic heterocycles. The lowest BCUT2D eigenvalue weighted by molar-refractivity contribution is -0.185. The Morgan fingerprint density at radius 2 is 1.60 bits per heavy atom. The SMILES string of the molecule is CC(=O)O[C@]1(C(C)=O)CC[C@H]2[C@@H]3C=C(Cl)C4=CC(=O)CC[C@]4(C)[C@H]3CC[C@@]21C.CC(Cc1cccc(C(F)(F)F)c1)NCCOC(=O)c1ccccc1.CCOP(=S)(OCC)Oc1ccc2c(C)c(Cl)c(=O)oc2c1. The predicted octanol–water partition coefficient (Wildman–Crippen LogP) is 13.3. The highest BCUT2D eigenvalue weighted by atomic mass is 35.5. The maximum absolute atomic E-state index is 12.7. The molecule has 3 aromatic carbocycles. The van der Waals surface area contributed by atoms with E-state index in [-0.39, 0.29) is 57.9 Å². The fourth-order valence-corrected chi connectivity index (χ4v) is 14.1. The summed E-state index contributed by atoms with van der Waals surface area (Å²) in [5.74, 6) is 0.608. The average Bonchev–Trinajstić information content (AvgIpc) is 3.65. The van der Waals surface area contributed by atoms with Gasteiger partial charge < -0.3 is 23.7 Å². The molecule has 12 nitrogen and oxygen atoms in total. The van der Waals surface area contributed by atoms with Crippen LogP contribution in [0.5, 0.6) is 5.75 Å². The summed E-state index contributed by atoms with van der Waals surface area (Å²) in [6.45, 7) is 13.1. The molecule has 19 heteroatoms. The molecule has 2 fully saturated rings. The number of carbonyl (C=O) groups is 4. The van der Waals surface area contributed by atoms with E-state index in [4.69, 9.17) is 62.5 Å². The molecule has 0 bridgehead atoms. The molecule has 1 heterocycles. The first-order chi connectivity index (χ1) is 35.3. The highest BCUT2D eigenvalue weighted by molar-refractivity contribution is 8.07. The number of nitrogens with one attached hydrogen (secondary N) is 1. The zero-order chi connectivity index (χ0) is 55.1. The summed E-state index contributed by atoms with van der Waals surface area (Å²) in [4.78, 5) is 60.1. The first kappa shape index (κ1) is 59.6. The minimum atomic E-state index is -4.34. The van der Waals surface area contributed by atoms with E-state index in [9.17, 15) is 37.1 Å². The normalized spacial score (nSPS) is 24.3. The number of esters is 2. The van der Waals surface area contributed by atoms with Gasteiger partial charge in [-0.15, -0.1) is 0 Å². The number of hydrogen-bond donors (Lipinski definition) is 1. The summed E-state index contributed by atoms with van der Waals surface area (Å²) in [6, 6.07) is 19.0. The number of hydrogen-bond acceptors (Lipinski definition) is 13. The molecule has 1 unspecified atom stereocenters. The Balaban J connectivity index is 0.000000184. The number of rotatable bonds is 15. The molecule has 1 aromatic heterocycles. The molecule has 0 saturated heterocycles. The highest BCUT2D eigenvalue weighted by Crippen LogP contribution is 2.68. The van der Waals surface area contributed by atoms with E-state index in [1.807, 2.05) is 26.8 Å². The maximum atomic E-state index is 12.7. The van der Waals surface area contributed by atoms with Crippen molar-refractivity contribution in [2.45, 2.75) is 118 Å². The van der Waals surface area contributed by atoms with Gasteiger partial charge in [0.15, 0.2) is 17.2 Å². The fraction of sp³-hybridized carbons (Fsp3) is 0.482. The molecule has 0 spiro atoms. The van der Waals surface area contributed by atoms with Crippen molar-refractivity contribution in [1.29, 1.82) is 0 Å². The van der Waals surface area contributed by atoms with Crippen molar-refractivity contribution in [3.05, 3.63) is 133 Å². The molecule has 8 rings (SSSR count). The smallest absolute Gasteiger partial charge is 0.416 e. The fourth-order valence-electron chi connectivity index (χ4n) is 11.4. The van der Waals surface area contributed by atoms with Gasteiger partial charge in [-0.2, -0.15) is 13.2 Å². The Morgan fingerprint density at radius 3 is 2.24 bits per heavy atom. The van der Waals surface area contributed by atoms with Gasteiger partial charge >= 0.3 is 30.5 Å². The van der Waals surface area contributed by atoms with Crippen molar-refractivity contribution in [3.8, 4) is 5.75 Å². The van der Waals surface area contributed by atoms with Crippen LogP contribution in [0.25, 0.3) is 11.0 Å². The Bertz CT molecular complexity index is 2920. The van der Waals surface area contributed by atoms with Gasteiger partial charge in [0.1, 0.15) is 23.0 Å². The molecule has 0 amide bonds. The number of allylic oxidation sites excluding steroid dienone is 4. The summed E-state index contributed by atoms with van der Waals surface area (Å²) in [7, 11) is 0. The molecule has 7 atom stereocenters. The average molecular weight is 1120 g/mol. The van der Waals surface area contributed by atoms with Crippen LogP contribution >= 0.6 is 29.9 Å². The number of ketones is 2. The van der Waals surface area contributed by atoms with Crippen molar-refractivity contribution in [1.82, 2.24) is 5.32 Å². The van der Waals surface area contributed by atoms with Crippen molar-refractivity contribution >= 4 is 76.2 Å². The summed E-state index contributed by atoms with van der Waals surface area (Å²) >= 11 is 17.9. The van der Waals surface area contributed by atoms with E-state index in [1.165, 1.54) is 13.0 Å². The number of benzene rings is 3. The first-order valence-electron chi connectivity index (χ1n) is 25.1. The summed E-state index contributed by atoms with van der Waals surface area (Å²) in [5.41, 5.74) is 0.366. The van der Waals surface area contributed by atoms with Gasteiger partial charge in [0.2, 0.25) is 0 Å². The standard InChI is InChI=1S/C23H29ClO4.C19H20F3NO2.C14H16ClO5PS/c1-13(25)23(28-14(2)26)10-7-18-16-12-20(24)19-11-15(27)5-8-21(19,3)17(16)6-9-22(18,23)4;1-14(12-15-6-5-9-17(13-15)19(20,21)22)23-10-11-25-18(24)16-7-3-2-4-8-16;1-4-17-21(22,18-5-2)20-10-6-7-11-9(3)13(15)14(16)19-12(11)8-10/h11-12,16-18H,5-10H2,1-4H3;2-9,13-14,23H,10-12H2,1H3;6-8H,4-5H2,1-3H3/t16-,17+,18+,21-,22+,23+;;/m1../s1. The molecule has 406 valence electrons. The second-order valence-electron chi connectivity index (χ2n) is 19.8. The molecule has 4 aromatic rings. The topological polar surface area (TPSA) is 157 Å². The maximum Gasteiger partial charge on any atom is 0.416 e. The zero-order valence-corrected chi connectivity index (χ0v) is 46.6. The van der Waals surface area contributed by atoms with E-state index in [0.29, 0.717) is 78.0 Å². The van der Waals surface area contributed by atoms with Crippen molar-refractivity contribution in [2.75, 3.05) is 26.4 Å². The molecule has 1 N–H and O–H groups in total. The van der Waals surface area contributed by atoms with Crippen LogP contribution in [0.15, 0.2) is 105 Å². The Hall–Kier alpha value is -4.67. The third kappa shape index (κ3) is 13.5. The number of halogens is 5. The summed E-state index contributed by atoms with van der Waals surface area (Å²) in [6.07, 6.45) is 4.60. The predicted molar refractivity (Wildman–Crippen MR) is 286 cm³/mol. The number of Topliss-reactive ketones (excluding diaryl/α,β-unsaturated/α-hetero) is 1. The van der Waals surface area contributed by atoms with E-state index in [2.05, 4.69) is 25.2 Å². The zero-order valence-electron chi connectivity index (χ0n) is 43.4. The summed E-state index contributed by atoms with van der Waals surface area (Å²) in [5, 5.41) is 4.64.